The van der Waals surface area contributed by atoms with Crippen molar-refractivity contribution in [3.8, 4) is 0 Å². The van der Waals surface area contributed by atoms with E-state index in [1.807, 2.05) is 30.3 Å². The minimum Gasteiger partial charge on any atom is -0.457 e. The van der Waals surface area contributed by atoms with Gasteiger partial charge in [-0.05, 0) is 5.56 Å². The smallest absolute Gasteiger partial charge is 0.320 e. The Hall–Kier alpha value is -0.830. The summed E-state index contributed by atoms with van der Waals surface area (Å²) >= 11 is 3.27. The number of halogens is 1. The number of rotatable bonds is 1. The van der Waals surface area contributed by atoms with Crippen LogP contribution in [0.4, 0.5) is 0 Å². The van der Waals surface area contributed by atoms with Crippen LogP contribution in [0.3, 0.4) is 0 Å². The molecule has 0 aromatic heterocycles. The van der Waals surface area contributed by atoms with Crippen LogP contribution in [-0.2, 0) is 9.53 Å². The Balaban J connectivity index is 2.17. The maximum absolute atomic E-state index is 11.1. The zero-order valence-corrected chi connectivity index (χ0v) is 8.53. The van der Waals surface area contributed by atoms with Crippen LogP contribution in [0, 0.1) is 0 Å². The van der Waals surface area contributed by atoms with Gasteiger partial charge in [-0.15, -0.1) is 0 Å². The number of alkyl halides is 1. The van der Waals surface area contributed by atoms with Crippen molar-refractivity contribution in [1.29, 1.82) is 0 Å². The van der Waals surface area contributed by atoms with E-state index in [2.05, 4.69) is 15.9 Å². The molecule has 13 heavy (non-hydrogen) atoms. The molecule has 1 fully saturated rings. The normalized spacial score (nSPS) is 27.3. The van der Waals surface area contributed by atoms with Crippen LogP contribution in [0.2, 0.25) is 0 Å². The molecule has 0 bridgehead atoms. The second-order valence-corrected chi connectivity index (χ2v) is 4.14. The van der Waals surface area contributed by atoms with Crippen LogP contribution in [0.1, 0.15) is 18.1 Å². The van der Waals surface area contributed by atoms with Crippen LogP contribution in [0.15, 0.2) is 30.3 Å². The van der Waals surface area contributed by atoms with Crippen molar-refractivity contribution in [2.24, 2.45) is 0 Å². The Morgan fingerprint density at radius 1 is 1.31 bits per heavy atom. The summed E-state index contributed by atoms with van der Waals surface area (Å²) in [5, 5.41) is 0. The van der Waals surface area contributed by atoms with Crippen LogP contribution in [0.25, 0.3) is 0 Å². The Morgan fingerprint density at radius 3 is 2.54 bits per heavy atom. The highest BCUT2D eigenvalue weighted by molar-refractivity contribution is 9.10. The van der Waals surface area contributed by atoms with Gasteiger partial charge in [0.1, 0.15) is 10.9 Å². The second-order valence-electron chi connectivity index (χ2n) is 3.04. The lowest BCUT2D eigenvalue weighted by Crippen LogP contribution is -2.04. The van der Waals surface area contributed by atoms with Crippen LogP contribution < -0.4 is 0 Å². The molecule has 1 saturated heterocycles. The first kappa shape index (κ1) is 8.75. The molecular formula is C10H9BrO2. The van der Waals surface area contributed by atoms with Gasteiger partial charge in [0.05, 0.1) is 0 Å². The van der Waals surface area contributed by atoms with Crippen molar-refractivity contribution in [3.05, 3.63) is 35.9 Å². The molecule has 0 saturated carbocycles. The fourth-order valence-corrected chi connectivity index (χ4v) is 1.87. The molecule has 1 aromatic rings. The third-order valence-electron chi connectivity index (χ3n) is 2.11. The minimum atomic E-state index is -0.158. The average molecular weight is 241 g/mol. The predicted molar refractivity (Wildman–Crippen MR) is 52.6 cm³/mol. The van der Waals surface area contributed by atoms with Crippen molar-refractivity contribution >= 4 is 21.9 Å². The summed E-state index contributed by atoms with van der Waals surface area (Å²) in [7, 11) is 0. The molecule has 3 heteroatoms. The molecule has 1 aromatic carbocycles. The lowest BCUT2D eigenvalue weighted by Gasteiger charge is -2.07. The molecule has 68 valence electrons. The first-order valence-corrected chi connectivity index (χ1v) is 5.08. The first-order valence-electron chi connectivity index (χ1n) is 4.17. The van der Waals surface area contributed by atoms with Crippen LogP contribution in [-0.4, -0.2) is 10.8 Å². The zero-order valence-electron chi connectivity index (χ0n) is 6.94. The van der Waals surface area contributed by atoms with E-state index in [1.165, 1.54) is 0 Å². The van der Waals surface area contributed by atoms with Gasteiger partial charge in [0.2, 0.25) is 0 Å². The van der Waals surface area contributed by atoms with Crippen molar-refractivity contribution < 1.29 is 9.53 Å². The molecule has 0 aliphatic carbocycles. The Morgan fingerprint density at radius 2 is 2.00 bits per heavy atom. The topological polar surface area (TPSA) is 26.3 Å². The molecule has 0 amide bonds. The van der Waals surface area contributed by atoms with Gasteiger partial charge < -0.3 is 4.74 Å². The summed E-state index contributed by atoms with van der Waals surface area (Å²) in [5.74, 6) is -0.158. The highest BCUT2D eigenvalue weighted by Gasteiger charge is 2.32. The quantitative estimate of drug-likeness (QED) is 0.557. The van der Waals surface area contributed by atoms with E-state index in [4.69, 9.17) is 4.74 Å². The van der Waals surface area contributed by atoms with E-state index in [-0.39, 0.29) is 16.9 Å². The Bertz CT molecular complexity index is 310. The van der Waals surface area contributed by atoms with Gasteiger partial charge >= 0.3 is 5.97 Å². The van der Waals surface area contributed by atoms with E-state index >= 15 is 0 Å². The third kappa shape index (κ3) is 1.75. The number of ether oxygens (including phenoxy) is 1. The monoisotopic (exact) mass is 240 g/mol. The number of cyclic esters (lactones) is 1. The largest absolute Gasteiger partial charge is 0.457 e. The van der Waals surface area contributed by atoms with Crippen LogP contribution in [0.5, 0.6) is 0 Å². The molecular weight excluding hydrogens is 232 g/mol. The van der Waals surface area contributed by atoms with Gasteiger partial charge in [0.15, 0.2) is 0 Å². The fourth-order valence-electron chi connectivity index (χ4n) is 1.42. The summed E-state index contributed by atoms with van der Waals surface area (Å²) in [6.07, 6.45) is 0.654. The number of esters is 1. The highest BCUT2D eigenvalue weighted by Crippen LogP contribution is 2.32. The zero-order chi connectivity index (χ0) is 9.26. The molecule has 1 heterocycles. The molecule has 2 nitrogen and oxygen atoms in total. The second kappa shape index (κ2) is 3.50. The third-order valence-corrected chi connectivity index (χ3v) is 2.85. The number of benzene rings is 1. The number of carbonyl (C=O) groups is 1. The number of hydrogen-bond donors (Lipinski definition) is 0. The van der Waals surface area contributed by atoms with Crippen molar-refractivity contribution in [3.63, 3.8) is 0 Å². The molecule has 2 unspecified atom stereocenters. The summed E-state index contributed by atoms with van der Waals surface area (Å²) in [6, 6.07) is 9.80. The summed E-state index contributed by atoms with van der Waals surface area (Å²) < 4.78 is 5.17. The maximum atomic E-state index is 11.1. The van der Waals surface area contributed by atoms with E-state index in [0.29, 0.717) is 0 Å². The lowest BCUT2D eigenvalue weighted by molar-refractivity contribution is -0.141. The summed E-state index contributed by atoms with van der Waals surface area (Å²) in [6.45, 7) is 0. The van der Waals surface area contributed by atoms with E-state index in [1.54, 1.807) is 0 Å². The van der Waals surface area contributed by atoms with Gasteiger partial charge in [-0.2, -0.15) is 0 Å². The Kier molecular flexibility index (Phi) is 2.36. The molecule has 1 aliphatic rings. The van der Waals surface area contributed by atoms with Gasteiger partial charge in [-0.1, -0.05) is 46.3 Å². The van der Waals surface area contributed by atoms with Crippen molar-refractivity contribution in [1.82, 2.24) is 0 Å². The summed E-state index contributed by atoms with van der Waals surface area (Å²) in [5.41, 5.74) is 1.07. The fraction of sp³-hybridized carbons (Fsp3) is 0.300. The van der Waals surface area contributed by atoms with Gasteiger partial charge in [0, 0.05) is 6.42 Å². The molecule has 0 N–H and O–H groups in total. The van der Waals surface area contributed by atoms with Gasteiger partial charge in [-0.25, -0.2) is 0 Å². The maximum Gasteiger partial charge on any atom is 0.320 e. The SMILES string of the molecule is O=C1OC(c2ccccc2)CC1Br. The predicted octanol–water partition coefficient (Wildman–Crippen LogP) is 2.44. The molecule has 2 rings (SSSR count). The standard InChI is InChI=1S/C10H9BrO2/c11-8-6-9(13-10(8)12)7-4-2-1-3-5-7/h1-5,8-9H,6H2. The molecule has 1 aliphatic heterocycles. The highest BCUT2D eigenvalue weighted by atomic mass is 79.9. The van der Waals surface area contributed by atoms with E-state index in [0.717, 1.165) is 12.0 Å². The van der Waals surface area contributed by atoms with Gasteiger partial charge in [-0.3, -0.25) is 4.79 Å². The van der Waals surface area contributed by atoms with Gasteiger partial charge in [0.25, 0.3) is 0 Å². The first-order chi connectivity index (χ1) is 6.27. The average Bonchev–Trinajstić information content (AvgIpc) is 2.49. The number of carbonyl (C=O) groups excluding carboxylic acids is 1. The van der Waals surface area contributed by atoms with Crippen molar-refractivity contribution in [2.45, 2.75) is 17.4 Å². The lowest BCUT2D eigenvalue weighted by atomic mass is 10.1. The minimum absolute atomic E-state index is 0.0712. The summed E-state index contributed by atoms with van der Waals surface area (Å²) in [4.78, 5) is 10.9. The van der Waals surface area contributed by atoms with E-state index in [9.17, 15) is 4.79 Å². The van der Waals surface area contributed by atoms with Crippen LogP contribution >= 0.6 is 15.9 Å². The molecule has 0 spiro atoms. The molecule has 2 atom stereocenters. The van der Waals surface area contributed by atoms with Crippen molar-refractivity contribution in [2.75, 3.05) is 0 Å². The Labute approximate surface area is 85.0 Å². The number of hydrogen-bond acceptors (Lipinski definition) is 2. The van der Waals surface area contributed by atoms with E-state index < -0.39 is 0 Å². The molecule has 0 radical (unpaired) electrons.